The smallest absolute Gasteiger partial charge is 0.313 e. The van der Waals surface area contributed by atoms with Crippen LogP contribution in [0.3, 0.4) is 0 Å². The largest absolute Gasteiger partial charge is 0.346 e. The highest BCUT2D eigenvalue weighted by Crippen LogP contribution is 2.26. The zero-order valence-corrected chi connectivity index (χ0v) is 16.7. The molecule has 2 aromatic rings. The Morgan fingerprint density at radius 1 is 1.14 bits per heavy atom. The highest BCUT2D eigenvalue weighted by atomic mass is 32.2. The first-order valence-corrected chi connectivity index (χ1v) is 10.6. The van der Waals surface area contributed by atoms with Gasteiger partial charge in [0.05, 0.1) is 4.90 Å². The van der Waals surface area contributed by atoms with E-state index in [0.717, 1.165) is 11.6 Å². The minimum Gasteiger partial charge on any atom is -0.346 e. The van der Waals surface area contributed by atoms with Gasteiger partial charge in [0, 0.05) is 24.8 Å². The number of aryl methyl sites for hydroxylation is 1. The van der Waals surface area contributed by atoms with E-state index in [0.29, 0.717) is 19.4 Å². The summed E-state index contributed by atoms with van der Waals surface area (Å²) in [6, 6.07) is 11.3. The molecule has 154 valence electrons. The van der Waals surface area contributed by atoms with E-state index < -0.39 is 33.7 Å². The van der Waals surface area contributed by atoms with E-state index in [1.54, 1.807) is 24.3 Å². The molecule has 0 unspecified atom stereocenters. The number of hydrogen-bond donors (Lipinski definition) is 2. The van der Waals surface area contributed by atoms with Gasteiger partial charge < -0.3 is 10.6 Å². The van der Waals surface area contributed by atoms with Crippen molar-refractivity contribution in [1.82, 2.24) is 9.62 Å². The van der Waals surface area contributed by atoms with Crippen LogP contribution in [-0.2, 0) is 19.6 Å². The summed E-state index contributed by atoms with van der Waals surface area (Å²) in [5.41, 5.74) is 1.12. The van der Waals surface area contributed by atoms with E-state index in [2.05, 4.69) is 10.6 Å². The van der Waals surface area contributed by atoms with Crippen LogP contribution in [-0.4, -0.2) is 43.7 Å². The average molecular weight is 419 g/mol. The molecule has 1 heterocycles. The van der Waals surface area contributed by atoms with Crippen molar-refractivity contribution >= 4 is 27.5 Å². The Morgan fingerprint density at radius 2 is 1.86 bits per heavy atom. The highest BCUT2D eigenvalue weighted by molar-refractivity contribution is 7.89. The first-order chi connectivity index (χ1) is 13.8. The molecule has 3 rings (SSSR count). The lowest BCUT2D eigenvalue weighted by Crippen LogP contribution is -2.45. The zero-order chi connectivity index (χ0) is 21.0. The summed E-state index contributed by atoms with van der Waals surface area (Å²) in [5, 5.41) is 4.78. The number of rotatable bonds is 5. The molecule has 1 atom stereocenters. The summed E-state index contributed by atoms with van der Waals surface area (Å²) < 4.78 is 40.3. The molecule has 2 aromatic carbocycles. The predicted molar refractivity (Wildman–Crippen MR) is 106 cm³/mol. The molecule has 1 saturated heterocycles. The van der Waals surface area contributed by atoms with Gasteiger partial charge in [-0.05, 0) is 50.1 Å². The molecule has 1 fully saturated rings. The monoisotopic (exact) mass is 419 g/mol. The van der Waals surface area contributed by atoms with Crippen LogP contribution in [0.1, 0.15) is 18.4 Å². The quantitative estimate of drug-likeness (QED) is 0.725. The van der Waals surface area contributed by atoms with Crippen LogP contribution in [0.2, 0.25) is 0 Å². The molecule has 2 amide bonds. The van der Waals surface area contributed by atoms with E-state index >= 15 is 0 Å². The number of carbonyl (C=O) groups excluding carboxylic acids is 2. The molecule has 0 saturated carbocycles. The topological polar surface area (TPSA) is 95.6 Å². The predicted octanol–water partition coefficient (Wildman–Crippen LogP) is 2.04. The zero-order valence-electron chi connectivity index (χ0n) is 15.9. The summed E-state index contributed by atoms with van der Waals surface area (Å²) in [6.07, 6.45) is 1.25. The molecule has 29 heavy (non-hydrogen) atoms. The summed E-state index contributed by atoms with van der Waals surface area (Å²) >= 11 is 0. The second-order valence-electron chi connectivity index (χ2n) is 6.90. The van der Waals surface area contributed by atoms with Crippen LogP contribution in [0.4, 0.5) is 10.1 Å². The minimum absolute atomic E-state index is 0.0144. The second kappa shape index (κ2) is 8.71. The average Bonchev–Trinajstić information content (AvgIpc) is 3.16. The van der Waals surface area contributed by atoms with E-state index in [9.17, 15) is 22.4 Å². The Hall–Kier alpha value is -2.78. The van der Waals surface area contributed by atoms with Gasteiger partial charge in [-0.1, -0.05) is 23.8 Å². The number of carbonyl (C=O) groups is 2. The van der Waals surface area contributed by atoms with Gasteiger partial charge in [-0.2, -0.15) is 4.31 Å². The van der Waals surface area contributed by atoms with Crippen molar-refractivity contribution < 1.29 is 22.4 Å². The molecule has 0 radical (unpaired) electrons. The third-order valence-electron chi connectivity index (χ3n) is 4.74. The van der Waals surface area contributed by atoms with Crippen molar-refractivity contribution in [3.63, 3.8) is 0 Å². The molecule has 0 aromatic heterocycles. The molecule has 0 bridgehead atoms. The standard InChI is InChI=1S/C20H22FN3O4S/c1-14-7-9-18(10-8-14)29(27,28)24-11-3-6-17(24)13-22-19(25)20(26)23-16-5-2-4-15(21)12-16/h2,4-5,7-10,12,17H,3,6,11,13H2,1H3,(H,22,25)(H,23,26)/t17-/m0/s1. The first-order valence-electron chi connectivity index (χ1n) is 9.20. The summed E-state index contributed by atoms with van der Waals surface area (Å²) in [5.74, 6) is -2.39. The summed E-state index contributed by atoms with van der Waals surface area (Å²) in [7, 11) is -3.69. The molecule has 7 nitrogen and oxygen atoms in total. The van der Waals surface area contributed by atoms with Crippen LogP contribution in [0.5, 0.6) is 0 Å². The van der Waals surface area contributed by atoms with Gasteiger partial charge >= 0.3 is 11.8 Å². The van der Waals surface area contributed by atoms with Crippen molar-refractivity contribution in [3.8, 4) is 0 Å². The maximum absolute atomic E-state index is 13.2. The van der Waals surface area contributed by atoms with Crippen molar-refractivity contribution in [2.75, 3.05) is 18.4 Å². The van der Waals surface area contributed by atoms with Gasteiger partial charge in [-0.25, -0.2) is 12.8 Å². The number of nitrogens with zero attached hydrogens (tertiary/aromatic N) is 1. The van der Waals surface area contributed by atoms with Crippen molar-refractivity contribution in [2.45, 2.75) is 30.7 Å². The number of nitrogens with one attached hydrogen (secondary N) is 2. The lowest BCUT2D eigenvalue weighted by molar-refractivity contribution is -0.136. The van der Waals surface area contributed by atoms with Gasteiger partial charge in [0.1, 0.15) is 5.82 Å². The van der Waals surface area contributed by atoms with Crippen molar-refractivity contribution in [1.29, 1.82) is 0 Å². The van der Waals surface area contributed by atoms with Gasteiger partial charge in [0.2, 0.25) is 10.0 Å². The fraction of sp³-hybridized carbons (Fsp3) is 0.300. The van der Waals surface area contributed by atoms with Gasteiger partial charge in [-0.15, -0.1) is 0 Å². The van der Waals surface area contributed by atoms with E-state index in [-0.39, 0.29) is 17.1 Å². The lowest BCUT2D eigenvalue weighted by Gasteiger charge is -2.24. The molecule has 1 aliphatic heterocycles. The molecule has 9 heteroatoms. The Bertz CT molecular complexity index is 1010. The Kier molecular flexibility index (Phi) is 6.29. The lowest BCUT2D eigenvalue weighted by atomic mass is 10.2. The number of sulfonamides is 1. The summed E-state index contributed by atoms with van der Waals surface area (Å²) in [6.45, 7) is 2.24. The van der Waals surface area contributed by atoms with Crippen LogP contribution >= 0.6 is 0 Å². The molecular weight excluding hydrogens is 397 g/mol. The second-order valence-corrected chi connectivity index (χ2v) is 8.79. The SMILES string of the molecule is Cc1ccc(S(=O)(=O)N2CCC[C@H]2CNC(=O)C(=O)Nc2cccc(F)c2)cc1. The number of benzene rings is 2. The van der Waals surface area contributed by atoms with Crippen LogP contribution in [0.15, 0.2) is 53.4 Å². The fourth-order valence-corrected chi connectivity index (χ4v) is 4.91. The molecule has 1 aliphatic rings. The Morgan fingerprint density at radius 3 is 2.55 bits per heavy atom. The molecular formula is C20H22FN3O4S. The highest BCUT2D eigenvalue weighted by Gasteiger charge is 2.35. The Balaban J connectivity index is 1.61. The maximum atomic E-state index is 13.2. The Labute approximate surface area is 169 Å². The fourth-order valence-electron chi connectivity index (χ4n) is 3.22. The van der Waals surface area contributed by atoms with Crippen molar-refractivity contribution in [2.24, 2.45) is 0 Å². The molecule has 0 aliphatic carbocycles. The first kappa shape index (κ1) is 20.9. The third-order valence-corrected chi connectivity index (χ3v) is 6.70. The number of amides is 2. The van der Waals surface area contributed by atoms with Crippen molar-refractivity contribution in [3.05, 3.63) is 59.9 Å². The third kappa shape index (κ3) is 4.99. The summed E-state index contributed by atoms with van der Waals surface area (Å²) in [4.78, 5) is 24.3. The van der Waals surface area contributed by atoms with Gasteiger partial charge in [0.25, 0.3) is 0 Å². The van der Waals surface area contributed by atoms with Crippen LogP contribution in [0, 0.1) is 12.7 Å². The molecule has 2 N–H and O–H groups in total. The van der Waals surface area contributed by atoms with E-state index in [4.69, 9.17) is 0 Å². The number of anilines is 1. The van der Waals surface area contributed by atoms with Gasteiger partial charge in [0.15, 0.2) is 0 Å². The van der Waals surface area contributed by atoms with Crippen LogP contribution < -0.4 is 10.6 Å². The van der Waals surface area contributed by atoms with E-state index in [1.807, 2.05) is 6.92 Å². The number of halogens is 1. The van der Waals surface area contributed by atoms with Crippen LogP contribution in [0.25, 0.3) is 0 Å². The molecule has 0 spiro atoms. The number of hydrogen-bond acceptors (Lipinski definition) is 4. The van der Waals surface area contributed by atoms with E-state index in [1.165, 1.54) is 22.5 Å². The van der Waals surface area contributed by atoms with Gasteiger partial charge in [-0.3, -0.25) is 9.59 Å². The minimum atomic E-state index is -3.69. The maximum Gasteiger partial charge on any atom is 0.313 e. The normalized spacial score (nSPS) is 17.1.